The zero-order valence-corrected chi connectivity index (χ0v) is 16.7. The Morgan fingerprint density at radius 3 is 2.67 bits per heavy atom. The summed E-state index contributed by atoms with van der Waals surface area (Å²) in [6.45, 7) is 10.4. The largest absolute Gasteiger partial charge is 0.493 e. The molecular formula is C20H29N3O4. The normalized spacial score (nSPS) is 16.2. The topological polar surface area (TPSA) is 72.4 Å². The van der Waals surface area contributed by atoms with Crippen LogP contribution in [0.3, 0.4) is 0 Å². The average Bonchev–Trinajstić information content (AvgIpc) is 3.08. The Kier molecular flexibility index (Phi) is 6.71. The summed E-state index contributed by atoms with van der Waals surface area (Å²) < 4.78 is 10.6. The minimum Gasteiger partial charge on any atom is -0.493 e. The highest BCUT2D eigenvalue weighted by Gasteiger charge is 2.28. The second kappa shape index (κ2) is 8.79. The molecule has 1 aliphatic heterocycles. The van der Waals surface area contributed by atoms with Gasteiger partial charge in [-0.3, -0.25) is 0 Å². The van der Waals surface area contributed by atoms with Crippen LogP contribution in [0, 0.1) is 0 Å². The zero-order valence-electron chi connectivity index (χ0n) is 16.7. The van der Waals surface area contributed by atoms with E-state index < -0.39 is 0 Å². The third-order valence-electron chi connectivity index (χ3n) is 3.99. The first-order valence-electron chi connectivity index (χ1n) is 8.90. The van der Waals surface area contributed by atoms with Gasteiger partial charge in [0.05, 0.1) is 26.5 Å². The summed E-state index contributed by atoms with van der Waals surface area (Å²) in [4.78, 5) is 19.7. The number of oxime groups is 1. The van der Waals surface area contributed by atoms with Gasteiger partial charge in [0, 0.05) is 24.1 Å². The molecule has 0 saturated heterocycles. The summed E-state index contributed by atoms with van der Waals surface area (Å²) in [5.41, 5.74) is 1.41. The molecule has 0 fully saturated rings. The first kappa shape index (κ1) is 20.6. The first-order chi connectivity index (χ1) is 12.8. The summed E-state index contributed by atoms with van der Waals surface area (Å²) in [6.07, 6.45) is 2.10. The molecule has 0 aliphatic carbocycles. The number of benzene rings is 1. The third-order valence-corrected chi connectivity index (χ3v) is 3.99. The van der Waals surface area contributed by atoms with Crippen molar-refractivity contribution in [1.29, 1.82) is 0 Å². The number of nitrogens with zero attached hydrogens (tertiary/aromatic N) is 2. The van der Waals surface area contributed by atoms with Crippen LogP contribution in [-0.2, 0) is 4.84 Å². The zero-order chi connectivity index (χ0) is 20.0. The van der Waals surface area contributed by atoms with Crippen molar-refractivity contribution in [3.8, 4) is 11.5 Å². The Morgan fingerprint density at radius 2 is 2.07 bits per heavy atom. The quantitative estimate of drug-likeness (QED) is 0.743. The maximum Gasteiger partial charge on any atom is 0.318 e. The fourth-order valence-corrected chi connectivity index (χ4v) is 2.75. The van der Waals surface area contributed by atoms with Crippen molar-refractivity contribution in [3.05, 3.63) is 36.4 Å². The van der Waals surface area contributed by atoms with Crippen LogP contribution in [0.25, 0.3) is 0 Å². The van der Waals surface area contributed by atoms with Gasteiger partial charge in [0.1, 0.15) is 0 Å². The molecule has 1 aromatic carbocycles. The van der Waals surface area contributed by atoms with Gasteiger partial charge < -0.3 is 24.5 Å². The van der Waals surface area contributed by atoms with E-state index in [1.807, 2.05) is 39.0 Å². The van der Waals surface area contributed by atoms with E-state index in [9.17, 15) is 4.79 Å². The van der Waals surface area contributed by atoms with E-state index >= 15 is 0 Å². The summed E-state index contributed by atoms with van der Waals surface area (Å²) in [6, 6.07) is 5.48. The van der Waals surface area contributed by atoms with Crippen LogP contribution in [0.15, 0.2) is 36.0 Å². The van der Waals surface area contributed by atoms with Gasteiger partial charge in [-0.15, -0.1) is 6.58 Å². The summed E-state index contributed by atoms with van der Waals surface area (Å²) in [5.74, 6) is 1.30. The molecule has 0 radical (unpaired) electrons. The number of urea groups is 1. The number of rotatable bonds is 7. The highest BCUT2D eigenvalue weighted by molar-refractivity contribution is 6.01. The van der Waals surface area contributed by atoms with E-state index in [2.05, 4.69) is 17.1 Å². The molecule has 2 amide bonds. The van der Waals surface area contributed by atoms with Gasteiger partial charge in [0.15, 0.2) is 17.6 Å². The Hall–Kier alpha value is -2.70. The molecule has 1 aromatic rings. The first-order valence-corrected chi connectivity index (χ1v) is 8.90. The van der Waals surface area contributed by atoms with Gasteiger partial charge in [-0.25, -0.2) is 4.79 Å². The molecule has 0 spiro atoms. The molecule has 7 heteroatoms. The van der Waals surface area contributed by atoms with E-state index in [1.165, 1.54) is 0 Å². The predicted molar refractivity (Wildman–Crippen MR) is 106 cm³/mol. The van der Waals surface area contributed by atoms with Gasteiger partial charge in [-0.05, 0) is 39.0 Å². The third kappa shape index (κ3) is 5.64. The van der Waals surface area contributed by atoms with Gasteiger partial charge in [0.25, 0.3) is 0 Å². The Labute approximate surface area is 161 Å². The van der Waals surface area contributed by atoms with Crippen molar-refractivity contribution < 1.29 is 19.1 Å². The van der Waals surface area contributed by atoms with Crippen molar-refractivity contribution in [3.63, 3.8) is 0 Å². The maximum absolute atomic E-state index is 12.5. The van der Waals surface area contributed by atoms with Crippen LogP contribution in [-0.4, -0.2) is 55.6 Å². The van der Waals surface area contributed by atoms with Gasteiger partial charge in [-0.1, -0.05) is 11.2 Å². The van der Waals surface area contributed by atoms with Gasteiger partial charge in [0.2, 0.25) is 0 Å². The summed E-state index contributed by atoms with van der Waals surface area (Å²) in [5, 5.41) is 7.17. The number of hydrogen-bond donors (Lipinski definition) is 1. The summed E-state index contributed by atoms with van der Waals surface area (Å²) >= 11 is 0. The number of nitrogens with one attached hydrogen (secondary N) is 1. The second-order valence-electron chi connectivity index (χ2n) is 7.41. The molecule has 27 heavy (non-hydrogen) atoms. The van der Waals surface area contributed by atoms with E-state index in [1.54, 1.807) is 25.2 Å². The molecule has 0 saturated carbocycles. The molecule has 0 unspecified atom stereocenters. The van der Waals surface area contributed by atoms with Gasteiger partial charge in [-0.2, -0.15) is 0 Å². The Balaban J connectivity index is 2.03. The number of ether oxygens (including phenoxy) is 2. The van der Waals surface area contributed by atoms with E-state index in [-0.39, 0.29) is 17.7 Å². The maximum atomic E-state index is 12.5. The lowest BCUT2D eigenvalue weighted by Gasteiger charge is -2.28. The highest BCUT2D eigenvalue weighted by atomic mass is 16.6. The standard InChI is InChI=1S/C20H29N3O4/c1-7-10-23(19(24)21-20(2,3)4)13-15-12-16(22-27-15)14-8-9-17(25-5)18(11-14)26-6/h7-9,11,15H,1,10,12-13H2,2-6H3,(H,21,24)/t15-/m1/s1. The monoisotopic (exact) mass is 375 g/mol. The van der Waals surface area contributed by atoms with Crippen LogP contribution in [0.5, 0.6) is 11.5 Å². The van der Waals surface area contributed by atoms with Crippen LogP contribution in [0.1, 0.15) is 32.8 Å². The van der Waals surface area contributed by atoms with Crippen LogP contribution in [0.2, 0.25) is 0 Å². The number of hydrogen-bond acceptors (Lipinski definition) is 5. The fraction of sp³-hybridized carbons (Fsp3) is 0.500. The predicted octanol–water partition coefficient (Wildman–Crippen LogP) is 3.19. The van der Waals surface area contributed by atoms with Crippen molar-refractivity contribution in [2.24, 2.45) is 5.16 Å². The lowest BCUT2D eigenvalue weighted by atomic mass is 10.0. The number of carbonyl (C=O) groups excluding carboxylic acids is 1. The Bertz CT molecular complexity index is 710. The number of carbonyl (C=O) groups is 1. The number of amides is 2. The highest BCUT2D eigenvalue weighted by Crippen LogP contribution is 2.29. The van der Waals surface area contributed by atoms with Crippen LogP contribution < -0.4 is 14.8 Å². The van der Waals surface area contributed by atoms with E-state index in [0.717, 1.165) is 11.3 Å². The molecule has 1 aliphatic rings. The van der Waals surface area contributed by atoms with Crippen molar-refractivity contribution >= 4 is 11.7 Å². The molecule has 2 rings (SSSR count). The fourth-order valence-electron chi connectivity index (χ4n) is 2.75. The minimum atomic E-state index is -0.311. The molecule has 7 nitrogen and oxygen atoms in total. The smallest absolute Gasteiger partial charge is 0.318 e. The van der Waals surface area contributed by atoms with Crippen molar-refractivity contribution in [1.82, 2.24) is 10.2 Å². The van der Waals surface area contributed by atoms with Crippen LogP contribution >= 0.6 is 0 Å². The molecule has 1 atom stereocenters. The van der Waals surface area contributed by atoms with Gasteiger partial charge >= 0.3 is 6.03 Å². The molecule has 148 valence electrons. The SMILES string of the molecule is C=CCN(C[C@H]1CC(c2ccc(OC)c(OC)c2)=NO1)C(=O)NC(C)(C)C. The second-order valence-corrected chi connectivity index (χ2v) is 7.41. The van der Waals surface area contributed by atoms with E-state index in [4.69, 9.17) is 14.3 Å². The number of methoxy groups -OCH3 is 2. The Morgan fingerprint density at radius 1 is 1.37 bits per heavy atom. The molecule has 1 N–H and O–H groups in total. The minimum absolute atomic E-state index is 0.148. The van der Waals surface area contributed by atoms with Crippen molar-refractivity contribution in [2.45, 2.75) is 38.8 Å². The molecule has 0 bridgehead atoms. The molecule has 0 aromatic heterocycles. The van der Waals surface area contributed by atoms with Crippen LogP contribution in [0.4, 0.5) is 4.79 Å². The molecular weight excluding hydrogens is 346 g/mol. The average molecular weight is 375 g/mol. The van der Waals surface area contributed by atoms with Crippen molar-refractivity contribution in [2.75, 3.05) is 27.3 Å². The van der Waals surface area contributed by atoms with E-state index in [0.29, 0.717) is 31.0 Å². The lowest BCUT2D eigenvalue weighted by Crippen LogP contribution is -2.50. The summed E-state index contributed by atoms with van der Waals surface area (Å²) in [7, 11) is 3.19. The molecule has 1 heterocycles. The lowest BCUT2D eigenvalue weighted by molar-refractivity contribution is 0.0621.